The van der Waals surface area contributed by atoms with E-state index in [0.29, 0.717) is 19.3 Å². The molecule has 1 amide bonds. The molecular formula is C53H105NO5. The molecule has 6 heteroatoms. The molecule has 0 radical (unpaired) electrons. The molecule has 3 unspecified atom stereocenters. The lowest BCUT2D eigenvalue weighted by atomic mass is 10.0. The molecule has 0 rings (SSSR count). The molecule has 6 nitrogen and oxygen atoms in total. The Morgan fingerprint density at radius 3 is 1.03 bits per heavy atom. The van der Waals surface area contributed by atoms with Crippen LogP contribution in [0.1, 0.15) is 303 Å². The average Bonchev–Trinajstić information content (AvgIpc) is 3.23. The maximum absolute atomic E-state index is 13.2. The Morgan fingerprint density at radius 2 is 0.712 bits per heavy atom. The average molecular weight is 836 g/mol. The van der Waals surface area contributed by atoms with Gasteiger partial charge < -0.3 is 20.3 Å². The first-order valence-electron chi connectivity index (χ1n) is 26.8. The van der Waals surface area contributed by atoms with E-state index in [1.165, 1.54) is 212 Å². The van der Waals surface area contributed by atoms with Gasteiger partial charge in [0.15, 0.2) is 0 Å². The molecule has 0 saturated carbocycles. The topological polar surface area (TPSA) is 95.9 Å². The number of carbonyl (C=O) groups excluding carboxylic acids is 2. The summed E-state index contributed by atoms with van der Waals surface area (Å²) in [5.74, 6) is -0.449. The Hall–Kier alpha value is -1.14. The highest BCUT2D eigenvalue weighted by molar-refractivity contribution is 5.77. The lowest BCUT2D eigenvalue weighted by Crippen LogP contribution is -2.46. The Balaban J connectivity index is 4.51. The zero-order valence-electron chi connectivity index (χ0n) is 40.2. The molecule has 0 bridgehead atoms. The van der Waals surface area contributed by atoms with E-state index in [1.54, 1.807) is 0 Å². The Morgan fingerprint density at radius 1 is 0.424 bits per heavy atom. The summed E-state index contributed by atoms with van der Waals surface area (Å²) in [6.07, 6.45) is 51.6. The molecular weight excluding hydrogens is 731 g/mol. The van der Waals surface area contributed by atoms with Gasteiger partial charge in [0.2, 0.25) is 5.91 Å². The fourth-order valence-electron chi connectivity index (χ4n) is 8.61. The number of aliphatic hydroxyl groups excluding tert-OH is 2. The first kappa shape index (κ1) is 57.9. The highest BCUT2D eigenvalue weighted by Crippen LogP contribution is 2.19. The SMILES string of the molecule is CCCCCCCCCCCCCCCCCC(CC(=O)NC(CO)C(O)CCCCCCCCCCCCCCC)OC(=O)CCCCCCCCCCCCCC. The molecule has 0 aliphatic rings. The molecule has 0 fully saturated rings. The smallest absolute Gasteiger partial charge is 0.306 e. The van der Waals surface area contributed by atoms with Gasteiger partial charge in [-0.3, -0.25) is 9.59 Å². The molecule has 0 heterocycles. The quantitative estimate of drug-likeness (QED) is 0.0419. The third-order valence-electron chi connectivity index (χ3n) is 12.7. The van der Waals surface area contributed by atoms with E-state index in [9.17, 15) is 19.8 Å². The molecule has 0 aromatic heterocycles. The van der Waals surface area contributed by atoms with E-state index in [0.717, 1.165) is 44.9 Å². The van der Waals surface area contributed by atoms with Crippen LogP contribution < -0.4 is 5.32 Å². The number of hydrogen-bond acceptors (Lipinski definition) is 5. The number of rotatable bonds is 49. The monoisotopic (exact) mass is 836 g/mol. The van der Waals surface area contributed by atoms with Crippen LogP contribution in [0.5, 0.6) is 0 Å². The summed E-state index contributed by atoms with van der Waals surface area (Å²) < 4.78 is 5.94. The van der Waals surface area contributed by atoms with Crippen molar-refractivity contribution in [2.45, 2.75) is 322 Å². The summed E-state index contributed by atoms with van der Waals surface area (Å²) in [6.45, 7) is 6.51. The van der Waals surface area contributed by atoms with Crippen LogP contribution in [-0.2, 0) is 14.3 Å². The highest BCUT2D eigenvalue weighted by Gasteiger charge is 2.24. The minimum absolute atomic E-state index is 0.0880. The van der Waals surface area contributed by atoms with Crippen LogP contribution in [0.2, 0.25) is 0 Å². The van der Waals surface area contributed by atoms with E-state index in [-0.39, 0.29) is 24.9 Å². The summed E-state index contributed by atoms with van der Waals surface area (Å²) in [5.41, 5.74) is 0. The second-order valence-corrected chi connectivity index (χ2v) is 18.6. The third-order valence-corrected chi connectivity index (χ3v) is 12.7. The van der Waals surface area contributed by atoms with Crippen LogP contribution >= 0.6 is 0 Å². The van der Waals surface area contributed by atoms with E-state index < -0.39 is 18.2 Å². The van der Waals surface area contributed by atoms with Crippen molar-refractivity contribution >= 4 is 11.9 Å². The molecule has 0 aromatic rings. The number of ether oxygens (including phenoxy) is 1. The Bertz CT molecular complexity index is 852. The number of esters is 1. The molecule has 3 atom stereocenters. The zero-order valence-corrected chi connectivity index (χ0v) is 40.2. The summed E-state index contributed by atoms with van der Waals surface area (Å²) in [6, 6.07) is -0.692. The van der Waals surface area contributed by atoms with Crippen molar-refractivity contribution < 1.29 is 24.5 Å². The fourth-order valence-corrected chi connectivity index (χ4v) is 8.61. The van der Waals surface area contributed by atoms with Crippen molar-refractivity contribution in [2.24, 2.45) is 0 Å². The Kier molecular flexibility index (Phi) is 47.0. The number of carbonyl (C=O) groups is 2. The van der Waals surface area contributed by atoms with Crippen LogP contribution in [0.4, 0.5) is 0 Å². The standard InChI is InChI=1S/C53H105NO5/c1-4-7-10-13-16-19-22-25-26-28-29-32-35-38-41-44-49(59-53(58)46-43-40-37-34-31-24-21-18-15-12-9-6-3)47-52(57)54-50(48-55)51(56)45-42-39-36-33-30-27-23-20-17-14-11-8-5-2/h49-51,55-56H,4-48H2,1-3H3,(H,54,57). The van der Waals surface area contributed by atoms with E-state index in [2.05, 4.69) is 26.1 Å². The minimum atomic E-state index is -0.779. The van der Waals surface area contributed by atoms with E-state index in [1.807, 2.05) is 0 Å². The molecule has 0 aromatic carbocycles. The van der Waals surface area contributed by atoms with Gasteiger partial charge in [-0.25, -0.2) is 0 Å². The van der Waals surface area contributed by atoms with E-state index >= 15 is 0 Å². The van der Waals surface area contributed by atoms with Crippen LogP contribution in [0, 0.1) is 0 Å². The van der Waals surface area contributed by atoms with Gasteiger partial charge in [-0.1, -0.05) is 265 Å². The summed E-state index contributed by atoms with van der Waals surface area (Å²) in [5, 5.41) is 23.8. The van der Waals surface area contributed by atoms with Crippen LogP contribution in [0.15, 0.2) is 0 Å². The number of unbranched alkanes of at least 4 members (excludes halogenated alkanes) is 37. The van der Waals surface area contributed by atoms with Gasteiger partial charge in [0.05, 0.1) is 25.2 Å². The predicted molar refractivity (Wildman–Crippen MR) is 255 cm³/mol. The third kappa shape index (κ3) is 43.3. The van der Waals surface area contributed by atoms with E-state index in [4.69, 9.17) is 4.74 Å². The first-order chi connectivity index (χ1) is 29.0. The molecule has 0 spiro atoms. The second kappa shape index (κ2) is 47.9. The van der Waals surface area contributed by atoms with Gasteiger partial charge in [-0.2, -0.15) is 0 Å². The van der Waals surface area contributed by atoms with Gasteiger partial charge in [0.1, 0.15) is 6.10 Å². The lowest BCUT2D eigenvalue weighted by molar-refractivity contribution is -0.151. The largest absolute Gasteiger partial charge is 0.462 e. The number of nitrogens with one attached hydrogen (secondary N) is 1. The van der Waals surface area contributed by atoms with Crippen LogP contribution in [0.3, 0.4) is 0 Å². The normalized spacial score (nSPS) is 13.1. The number of amides is 1. The van der Waals surface area contributed by atoms with Gasteiger partial charge in [-0.15, -0.1) is 0 Å². The molecule has 352 valence electrons. The van der Waals surface area contributed by atoms with Gasteiger partial charge >= 0.3 is 5.97 Å². The fraction of sp³-hybridized carbons (Fsp3) is 0.962. The van der Waals surface area contributed by atoms with Crippen molar-refractivity contribution in [1.29, 1.82) is 0 Å². The molecule has 3 N–H and O–H groups in total. The van der Waals surface area contributed by atoms with Crippen molar-refractivity contribution in [2.75, 3.05) is 6.61 Å². The summed E-state index contributed by atoms with van der Waals surface area (Å²) >= 11 is 0. The summed E-state index contributed by atoms with van der Waals surface area (Å²) in [7, 11) is 0. The summed E-state index contributed by atoms with van der Waals surface area (Å²) in [4.78, 5) is 26.1. The van der Waals surface area contributed by atoms with Crippen molar-refractivity contribution in [3.8, 4) is 0 Å². The molecule has 0 aliphatic heterocycles. The highest BCUT2D eigenvalue weighted by atomic mass is 16.5. The first-order valence-corrected chi connectivity index (χ1v) is 26.8. The molecule has 0 saturated heterocycles. The zero-order chi connectivity index (χ0) is 43.1. The maximum atomic E-state index is 13.2. The second-order valence-electron chi connectivity index (χ2n) is 18.6. The Labute approximate surface area is 368 Å². The van der Waals surface area contributed by atoms with Crippen molar-refractivity contribution in [3.63, 3.8) is 0 Å². The van der Waals surface area contributed by atoms with Crippen molar-refractivity contribution in [3.05, 3.63) is 0 Å². The van der Waals surface area contributed by atoms with Gasteiger partial charge in [0, 0.05) is 6.42 Å². The predicted octanol–water partition coefficient (Wildman–Crippen LogP) is 16.0. The molecule has 0 aliphatic carbocycles. The van der Waals surface area contributed by atoms with Crippen molar-refractivity contribution in [1.82, 2.24) is 5.32 Å². The van der Waals surface area contributed by atoms with Gasteiger partial charge in [0.25, 0.3) is 0 Å². The number of hydrogen-bond donors (Lipinski definition) is 3. The van der Waals surface area contributed by atoms with Gasteiger partial charge in [-0.05, 0) is 25.7 Å². The van der Waals surface area contributed by atoms with Crippen LogP contribution in [-0.4, -0.2) is 46.9 Å². The maximum Gasteiger partial charge on any atom is 0.306 e. The minimum Gasteiger partial charge on any atom is -0.462 e. The molecule has 59 heavy (non-hydrogen) atoms. The van der Waals surface area contributed by atoms with Crippen LogP contribution in [0.25, 0.3) is 0 Å². The lowest BCUT2D eigenvalue weighted by Gasteiger charge is -2.24. The number of aliphatic hydroxyl groups is 2.